The van der Waals surface area contributed by atoms with Crippen molar-refractivity contribution in [3.05, 3.63) is 83.9 Å². The minimum absolute atomic E-state index is 0.844. The molecule has 0 saturated carbocycles. The number of benzene rings is 3. The third kappa shape index (κ3) is 3.77. The van der Waals surface area contributed by atoms with E-state index in [2.05, 4.69) is 4.29 Å². The monoisotopic (exact) mass is 404 g/mol. The number of hydrogen-bond acceptors (Lipinski definition) is 6. The molecule has 0 aliphatic carbocycles. The molecular formula is C19H13ClO4S2. The Kier molecular flexibility index (Phi) is 4.98. The first-order valence-corrected chi connectivity index (χ1v) is 10.7. The second-order valence-corrected chi connectivity index (χ2v) is 8.92. The average Bonchev–Trinajstić information content (AvgIpc) is 3.03. The van der Waals surface area contributed by atoms with Gasteiger partial charge < -0.3 is 0 Å². The van der Waals surface area contributed by atoms with Gasteiger partial charge in [-0.25, -0.2) is 0 Å². The molecule has 0 spiro atoms. The van der Waals surface area contributed by atoms with Crippen LogP contribution in [0.5, 0.6) is 0 Å². The van der Waals surface area contributed by atoms with Crippen LogP contribution in [0.15, 0.2) is 72.8 Å². The van der Waals surface area contributed by atoms with Crippen molar-refractivity contribution < 1.29 is 28.5 Å². The molecule has 4 rings (SSSR count). The van der Waals surface area contributed by atoms with Crippen molar-refractivity contribution in [2.75, 3.05) is 0 Å². The predicted octanol–water partition coefficient (Wildman–Crippen LogP) is 2.34. The Bertz CT molecular complexity index is 965. The molecular weight excluding hydrogens is 392 g/mol. The number of halogens is 1. The molecule has 0 radical (unpaired) electrons. The van der Waals surface area contributed by atoms with Crippen molar-refractivity contribution in [3.8, 4) is 0 Å². The van der Waals surface area contributed by atoms with E-state index >= 15 is 0 Å². The predicted molar refractivity (Wildman–Crippen MR) is 97.3 cm³/mol. The van der Waals surface area contributed by atoms with Crippen LogP contribution in [0.25, 0.3) is 20.6 Å². The van der Waals surface area contributed by atoms with Gasteiger partial charge >= 0.3 is 4.77 Å². The SMILES string of the molecule is [O-][Cl+3]([O-])([O-])OC1SC(c2ccccc2)=C(c2cccc3ccccc23)S1. The van der Waals surface area contributed by atoms with E-state index in [0.29, 0.717) is 0 Å². The van der Waals surface area contributed by atoms with E-state index in [1.165, 1.54) is 23.5 Å². The third-order valence-corrected chi connectivity index (χ3v) is 7.11. The lowest BCUT2D eigenvalue weighted by Gasteiger charge is -2.15. The van der Waals surface area contributed by atoms with Crippen molar-refractivity contribution in [2.45, 2.75) is 4.77 Å². The fraction of sp³-hybridized carbons (Fsp3) is 0.0526. The minimum atomic E-state index is -4.49. The summed E-state index contributed by atoms with van der Waals surface area (Å²) in [5.41, 5.74) is 1.95. The lowest BCUT2D eigenvalue weighted by Crippen LogP contribution is -2.61. The Morgan fingerprint density at radius 3 is 2.15 bits per heavy atom. The molecule has 0 amide bonds. The van der Waals surface area contributed by atoms with Gasteiger partial charge in [-0.05, 0) is 21.9 Å². The summed E-state index contributed by atoms with van der Waals surface area (Å²) < 4.78 is 36.9. The molecule has 1 aliphatic rings. The molecule has 0 N–H and O–H groups in total. The van der Waals surface area contributed by atoms with Crippen molar-refractivity contribution in [1.29, 1.82) is 0 Å². The normalized spacial score (nSPS) is 17.9. The quantitative estimate of drug-likeness (QED) is 0.664. The van der Waals surface area contributed by atoms with Crippen LogP contribution in [0.2, 0.25) is 0 Å². The molecule has 132 valence electrons. The summed E-state index contributed by atoms with van der Waals surface area (Å²) in [7, 11) is -4.49. The first kappa shape index (κ1) is 17.9. The number of rotatable bonds is 4. The maximum atomic E-state index is 11.0. The summed E-state index contributed by atoms with van der Waals surface area (Å²) in [5.74, 6) is 0. The zero-order valence-corrected chi connectivity index (χ0v) is 15.7. The highest BCUT2D eigenvalue weighted by Crippen LogP contribution is 2.56. The van der Waals surface area contributed by atoms with E-state index in [9.17, 15) is 14.0 Å². The smallest absolute Gasteiger partial charge is 0.183 e. The highest BCUT2D eigenvalue weighted by Gasteiger charge is 2.39. The molecule has 26 heavy (non-hydrogen) atoms. The van der Waals surface area contributed by atoms with E-state index in [1.807, 2.05) is 72.8 Å². The lowest BCUT2D eigenvalue weighted by molar-refractivity contribution is -1.92. The van der Waals surface area contributed by atoms with Gasteiger partial charge in [0.2, 0.25) is 0 Å². The summed E-state index contributed by atoms with van der Waals surface area (Å²) in [6, 6.07) is 23.7. The van der Waals surface area contributed by atoms with Crippen LogP contribution in [0, 0.1) is 10.2 Å². The van der Waals surface area contributed by atoms with Gasteiger partial charge in [0.15, 0.2) is 0 Å². The molecule has 1 atom stereocenters. The molecule has 1 aliphatic heterocycles. The molecule has 3 aromatic rings. The Morgan fingerprint density at radius 1 is 0.731 bits per heavy atom. The first-order valence-electron chi connectivity index (χ1n) is 7.71. The molecule has 0 fully saturated rings. The van der Waals surface area contributed by atoms with Crippen LogP contribution in [0.4, 0.5) is 0 Å². The molecule has 1 heterocycles. The van der Waals surface area contributed by atoms with Crippen LogP contribution in [0.1, 0.15) is 11.1 Å². The van der Waals surface area contributed by atoms with Gasteiger partial charge in [-0.3, -0.25) is 0 Å². The molecule has 0 bridgehead atoms. The molecule has 7 heteroatoms. The number of hydrogen-bond donors (Lipinski definition) is 0. The standard InChI is InChI=1S/C19H13ClO4S2/c21-20(22,23)24-19-25-17(14-8-2-1-3-9-14)18(26-19)16-12-6-10-13-7-4-5-11-15(13)16/h1-12,19H. The topological polar surface area (TPSA) is 78.4 Å². The zero-order valence-electron chi connectivity index (χ0n) is 13.3. The van der Waals surface area contributed by atoms with Gasteiger partial charge in [0, 0.05) is 9.81 Å². The summed E-state index contributed by atoms with van der Waals surface area (Å²) >= 11 is 2.48. The van der Waals surface area contributed by atoms with Crippen LogP contribution < -0.4 is 14.0 Å². The van der Waals surface area contributed by atoms with E-state index in [-0.39, 0.29) is 0 Å². The maximum Gasteiger partial charge on any atom is 0.314 e. The minimum Gasteiger partial charge on any atom is -0.183 e. The Morgan fingerprint density at radius 2 is 1.38 bits per heavy atom. The highest BCUT2D eigenvalue weighted by molar-refractivity contribution is 8.29. The summed E-state index contributed by atoms with van der Waals surface area (Å²) in [6.45, 7) is 0. The van der Waals surface area contributed by atoms with Gasteiger partial charge in [0.05, 0.1) is 14.5 Å². The van der Waals surface area contributed by atoms with Gasteiger partial charge in [-0.2, -0.15) is 14.0 Å². The number of thioether (sulfide) groups is 2. The summed E-state index contributed by atoms with van der Waals surface area (Å²) in [6.07, 6.45) is 0. The lowest BCUT2D eigenvalue weighted by atomic mass is 10.0. The van der Waals surface area contributed by atoms with Crippen molar-refractivity contribution in [3.63, 3.8) is 0 Å². The molecule has 0 saturated heterocycles. The fourth-order valence-electron chi connectivity index (χ4n) is 2.85. The van der Waals surface area contributed by atoms with Crippen molar-refractivity contribution in [2.24, 2.45) is 0 Å². The fourth-order valence-corrected chi connectivity index (χ4v) is 6.31. The number of fused-ring (bicyclic) bond motifs is 1. The van der Waals surface area contributed by atoms with E-state index < -0.39 is 15.0 Å². The third-order valence-electron chi connectivity index (χ3n) is 3.89. The highest BCUT2D eigenvalue weighted by atomic mass is 35.7. The van der Waals surface area contributed by atoms with Crippen LogP contribution in [-0.2, 0) is 4.29 Å². The zero-order chi connectivity index (χ0) is 18.1. The van der Waals surface area contributed by atoms with E-state index in [0.717, 1.165) is 31.7 Å². The molecule has 3 aromatic carbocycles. The Labute approximate surface area is 161 Å². The Balaban J connectivity index is 1.83. The van der Waals surface area contributed by atoms with Gasteiger partial charge in [0.1, 0.15) is 0 Å². The van der Waals surface area contributed by atoms with Crippen LogP contribution >= 0.6 is 23.5 Å². The first-order chi connectivity index (χ1) is 12.5. The second kappa shape index (κ2) is 7.25. The van der Waals surface area contributed by atoms with E-state index in [1.54, 1.807) is 0 Å². The van der Waals surface area contributed by atoms with Gasteiger partial charge in [-0.1, -0.05) is 96.3 Å². The molecule has 1 unspecified atom stereocenters. The molecule has 4 nitrogen and oxygen atoms in total. The van der Waals surface area contributed by atoms with Crippen molar-refractivity contribution >= 4 is 44.1 Å². The summed E-state index contributed by atoms with van der Waals surface area (Å²) in [5, 5.41) is 2.16. The summed E-state index contributed by atoms with van der Waals surface area (Å²) in [4.78, 5) is 1.80. The largest absolute Gasteiger partial charge is 0.314 e. The van der Waals surface area contributed by atoms with Crippen LogP contribution in [-0.4, -0.2) is 4.77 Å². The second-order valence-electron chi connectivity index (χ2n) is 5.54. The van der Waals surface area contributed by atoms with Gasteiger partial charge in [0.25, 0.3) is 0 Å². The molecule has 0 aromatic heterocycles. The average molecular weight is 405 g/mol. The van der Waals surface area contributed by atoms with Crippen molar-refractivity contribution in [1.82, 2.24) is 0 Å². The maximum absolute atomic E-state index is 11.0. The van der Waals surface area contributed by atoms with Crippen LogP contribution in [0.3, 0.4) is 0 Å². The van der Waals surface area contributed by atoms with E-state index in [4.69, 9.17) is 0 Å². The van der Waals surface area contributed by atoms with Gasteiger partial charge in [-0.15, -0.1) is 0 Å². The Hall–Kier alpha value is -1.51.